The number of carbonyl (C=O) groups is 1. The van der Waals surface area contributed by atoms with Crippen molar-refractivity contribution in [3.8, 4) is 5.69 Å². The molecule has 1 aliphatic carbocycles. The number of aromatic carboxylic acids is 1. The Labute approximate surface area is 103 Å². The van der Waals surface area contributed by atoms with Crippen molar-refractivity contribution in [1.29, 1.82) is 0 Å². The summed E-state index contributed by atoms with van der Waals surface area (Å²) < 4.78 is 14.5. The second kappa shape index (κ2) is 3.94. The summed E-state index contributed by atoms with van der Waals surface area (Å²) in [5.41, 5.74) is 1.64. The van der Waals surface area contributed by atoms with Gasteiger partial charge in [-0.15, -0.1) is 0 Å². The van der Waals surface area contributed by atoms with Gasteiger partial charge in [0.05, 0.1) is 17.6 Å². The molecule has 1 fully saturated rings. The van der Waals surface area contributed by atoms with Crippen LogP contribution < -0.4 is 0 Å². The van der Waals surface area contributed by atoms with Gasteiger partial charge in [-0.1, -0.05) is 0 Å². The Kier molecular flexibility index (Phi) is 2.40. The van der Waals surface area contributed by atoms with E-state index >= 15 is 0 Å². The van der Waals surface area contributed by atoms with Gasteiger partial charge >= 0.3 is 5.97 Å². The van der Waals surface area contributed by atoms with E-state index in [4.69, 9.17) is 5.11 Å². The van der Waals surface area contributed by atoms with Crippen molar-refractivity contribution < 1.29 is 14.3 Å². The molecule has 18 heavy (non-hydrogen) atoms. The van der Waals surface area contributed by atoms with Crippen LogP contribution in [0, 0.1) is 5.82 Å². The van der Waals surface area contributed by atoms with Crippen molar-refractivity contribution in [2.75, 3.05) is 0 Å². The van der Waals surface area contributed by atoms with Gasteiger partial charge in [-0.3, -0.25) is 0 Å². The summed E-state index contributed by atoms with van der Waals surface area (Å²) in [5, 5.41) is 13.2. The summed E-state index contributed by atoms with van der Waals surface area (Å²) in [5.74, 6) is -1.04. The van der Waals surface area contributed by atoms with E-state index < -0.39 is 5.97 Å². The van der Waals surface area contributed by atoms with Gasteiger partial charge in [-0.05, 0) is 37.1 Å². The largest absolute Gasteiger partial charge is 0.478 e. The second-order valence-corrected chi connectivity index (χ2v) is 4.41. The van der Waals surface area contributed by atoms with E-state index in [2.05, 4.69) is 5.10 Å². The molecule has 92 valence electrons. The molecule has 1 N–H and O–H groups in total. The van der Waals surface area contributed by atoms with Gasteiger partial charge in [0.1, 0.15) is 11.4 Å². The third-order valence-electron chi connectivity index (χ3n) is 3.07. The van der Waals surface area contributed by atoms with E-state index in [9.17, 15) is 9.18 Å². The van der Waals surface area contributed by atoms with E-state index in [1.54, 1.807) is 16.8 Å². The molecule has 0 bridgehead atoms. The van der Waals surface area contributed by atoms with Crippen molar-refractivity contribution in [3.05, 3.63) is 47.5 Å². The van der Waals surface area contributed by atoms with Crippen molar-refractivity contribution in [2.45, 2.75) is 18.8 Å². The Bertz CT molecular complexity index is 600. The minimum absolute atomic E-state index is 0.238. The first kappa shape index (κ1) is 11.0. The zero-order chi connectivity index (χ0) is 12.7. The fraction of sp³-hybridized carbons (Fsp3) is 0.231. The van der Waals surface area contributed by atoms with Gasteiger partial charge in [0, 0.05) is 5.92 Å². The van der Waals surface area contributed by atoms with Crippen molar-refractivity contribution in [1.82, 2.24) is 9.78 Å². The van der Waals surface area contributed by atoms with E-state index in [0.29, 0.717) is 11.4 Å². The molecule has 5 heteroatoms. The van der Waals surface area contributed by atoms with Crippen molar-refractivity contribution in [3.63, 3.8) is 0 Å². The maximum Gasteiger partial charge on any atom is 0.339 e. The molecule has 1 saturated carbocycles. The lowest BCUT2D eigenvalue weighted by molar-refractivity contribution is 0.0695. The number of halogens is 1. The monoisotopic (exact) mass is 246 g/mol. The molecule has 1 aliphatic rings. The molecule has 1 aromatic heterocycles. The standard InChI is InChI=1S/C13H11FN2O2/c14-9-3-5-10(6-4-9)16-12(8-1-2-8)11(7-15-16)13(17)18/h3-8H,1-2H2,(H,17,18). The SMILES string of the molecule is O=C(O)c1cnn(-c2ccc(F)cc2)c1C1CC1. The summed E-state index contributed by atoms with van der Waals surface area (Å²) in [7, 11) is 0. The maximum atomic E-state index is 12.9. The minimum Gasteiger partial charge on any atom is -0.478 e. The maximum absolute atomic E-state index is 12.9. The molecule has 4 nitrogen and oxygen atoms in total. The summed E-state index contributed by atoms with van der Waals surface area (Å²) in [6.07, 6.45) is 3.32. The Balaban J connectivity index is 2.11. The van der Waals surface area contributed by atoms with Crippen LogP contribution in [0.15, 0.2) is 30.5 Å². The van der Waals surface area contributed by atoms with Crippen molar-refractivity contribution in [2.24, 2.45) is 0 Å². The predicted molar refractivity (Wildman–Crippen MR) is 62.5 cm³/mol. The van der Waals surface area contributed by atoms with E-state index in [-0.39, 0.29) is 17.3 Å². The van der Waals surface area contributed by atoms with Crippen LogP contribution in [0.4, 0.5) is 4.39 Å². The van der Waals surface area contributed by atoms with Crippen LogP contribution in [0.1, 0.15) is 34.8 Å². The Morgan fingerprint density at radius 3 is 2.56 bits per heavy atom. The van der Waals surface area contributed by atoms with Crippen LogP contribution in [0.3, 0.4) is 0 Å². The fourth-order valence-electron chi connectivity index (χ4n) is 2.06. The van der Waals surface area contributed by atoms with Crippen LogP contribution in [-0.4, -0.2) is 20.9 Å². The van der Waals surface area contributed by atoms with E-state index in [0.717, 1.165) is 12.8 Å². The highest BCUT2D eigenvalue weighted by Gasteiger charge is 2.32. The Morgan fingerprint density at radius 2 is 2.00 bits per heavy atom. The molecule has 3 rings (SSSR count). The predicted octanol–water partition coefficient (Wildman–Crippen LogP) is 2.59. The first-order valence-electron chi connectivity index (χ1n) is 5.74. The first-order chi connectivity index (χ1) is 8.66. The van der Waals surface area contributed by atoms with Gasteiger partial charge in [0.15, 0.2) is 0 Å². The van der Waals surface area contributed by atoms with Gasteiger partial charge in [0.2, 0.25) is 0 Å². The van der Waals surface area contributed by atoms with E-state index in [1.165, 1.54) is 18.3 Å². The normalized spacial score (nSPS) is 14.7. The molecule has 0 aliphatic heterocycles. The highest BCUT2D eigenvalue weighted by molar-refractivity contribution is 5.89. The molecule has 2 aromatic rings. The molecule has 0 spiro atoms. The molecular weight excluding hydrogens is 235 g/mol. The topological polar surface area (TPSA) is 55.1 Å². The molecule has 0 amide bonds. The third kappa shape index (κ3) is 1.77. The number of carboxylic acids is 1. The van der Waals surface area contributed by atoms with Crippen LogP contribution in [0.5, 0.6) is 0 Å². The zero-order valence-corrected chi connectivity index (χ0v) is 9.51. The molecule has 0 radical (unpaired) electrons. The number of hydrogen-bond acceptors (Lipinski definition) is 2. The Hall–Kier alpha value is -2.17. The van der Waals surface area contributed by atoms with Crippen LogP contribution in [0.25, 0.3) is 5.69 Å². The number of benzene rings is 1. The third-order valence-corrected chi connectivity index (χ3v) is 3.07. The van der Waals surface area contributed by atoms with Crippen LogP contribution >= 0.6 is 0 Å². The lowest BCUT2D eigenvalue weighted by Crippen LogP contribution is -2.05. The number of hydrogen-bond donors (Lipinski definition) is 1. The Morgan fingerprint density at radius 1 is 1.33 bits per heavy atom. The smallest absolute Gasteiger partial charge is 0.339 e. The molecule has 1 aromatic carbocycles. The quantitative estimate of drug-likeness (QED) is 0.905. The number of nitrogens with zero attached hydrogens (tertiary/aromatic N) is 2. The van der Waals surface area contributed by atoms with Gasteiger partial charge in [-0.2, -0.15) is 5.10 Å². The van der Waals surface area contributed by atoms with Crippen LogP contribution in [-0.2, 0) is 0 Å². The van der Waals surface area contributed by atoms with Gasteiger partial charge in [-0.25, -0.2) is 13.9 Å². The average molecular weight is 246 g/mol. The van der Waals surface area contributed by atoms with Gasteiger partial charge < -0.3 is 5.11 Å². The summed E-state index contributed by atoms with van der Waals surface area (Å²) >= 11 is 0. The zero-order valence-electron chi connectivity index (χ0n) is 9.51. The van der Waals surface area contributed by atoms with E-state index in [1.807, 2.05) is 0 Å². The number of aromatic nitrogens is 2. The minimum atomic E-state index is -0.967. The van der Waals surface area contributed by atoms with Crippen LogP contribution in [0.2, 0.25) is 0 Å². The highest BCUT2D eigenvalue weighted by Crippen LogP contribution is 2.42. The summed E-state index contributed by atoms with van der Waals surface area (Å²) in [6.45, 7) is 0. The average Bonchev–Trinajstić information content (AvgIpc) is 3.09. The molecule has 0 atom stereocenters. The molecule has 1 heterocycles. The lowest BCUT2D eigenvalue weighted by Gasteiger charge is -2.07. The number of rotatable bonds is 3. The number of carboxylic acid groups (broad SMARTS) is 1. The molecular formula is C13H11FN2O2. The first-order valence-corrected chi connectivity index (χ1v) is 5.74. The highest BCUT2D eigenvalue weighted by atomic mass is 19.1. The summed E-state index contributed by atoms with van der Waals surface area (Å²) in [6, 6.07) is 5.88. The summed E-state index contributed by atoms with van der Waals surface area (Å²) in [4.78, 5) is 11.1. The molecule has 0 saturated heterocycles. The molecule has 0 unspecified atom stereocenters. The second-order valence-electron chi connectivity index (χ2n) is 4.41. The van der Waals surface area contributed by atoms with Gasteiger partial charge in [0.25, 0.3) is 0 Å². The lowest BCUT2D eigenvalue weighted by atomic mass is 10.1. The van der Waals surface area contributed by atoms with Crippen molar-refractivity contribution >= 4 is 5.97 Å². The fourth-order valence-corrected chi connectivity index (χ4v) is 2.06.